The summed E-state index contributed by atoms with van der Waals surface area (Å²) in [7, 11) is 1.75. The van der Waals surface area contributed by atoms with E-state index in [1.165, 1.54) is 0 Å². The molecule has 22 heavy (non-hydrogen) atoms. The first-order valence-electron chi connectivity index (χ1n) is 6.83. The standard InChI is InChI=1S/C17H17Cl2NO2/c1-12-5-3-4-6-13(12)10-20(2)17(21)11-22-16-9-14(18)7-8-15(16)19/h3-9H,10-11H2,1-2H3. The maximum absolute atomic E-state index is 12.2. The number of hydrogen-bond acceptors (Lipinski definition) is 2. The maximum atomic E-state index is 12.2. The third kappa shape index (κ3) is 4.39. The molecule has 0 saturated heterocycles. The summed E-state index contributed by atoms with van der Waals surface area (Å²) in [5.41, 5.74) is 2.26. The molecular formula is C17H17Cl2NO2. The van der Waals surface area contributed by atoms with Crippen LogP contribution in [-0.2, 0) is 11.3 Å². The normalized spacial score (nSPS) is 10.4. The highest BCUT2D eigenvalue weighted by Crippen LogP contribution is 2.27. The van der Waals surface area contributed by atoms with Gasteiger partial charge in [-0.1, -0.05) is 47.5 Å². The minimum Gasteiger partial charge on any atom is -0.482 e. The van der Waals surface area contributed by atoms with E-state index >= 15 is 0 Å². The van der Waals surface area contributed by atoms with E-state index in [1.54, 1.807) is 30.1 Å². The fraction of sp³-hybridized carbons (Fsp3) is 0.235. The Kier molecular flexibility index (Phi) is 5.69. The van der Waals surface area contributed by atoms with Gasteiger partial charge >= 0.3 is 0 Å². The van der Waals surface area contributed by atoms with Crippen LogP contribution in [0.15, 0.2) is 42.5 Å². The van der Waals surface area contributed by atoms with Gasteiger partial charge in [0, 0.05) is 24.7 Å². The van der Waals surface area contributed by atoms with Gasteiger partial charge in [0.2, 0.25) is 0 Å². The summed E-state index contributed by atoms with van der Waals surface area (Å²) in [5.74, 6) is 0.283. The molecule has 2 rings (SSSR count). The van der Waals surface area contributed by atoms with Crippen molar-refractivity contribution in [2.75, 3.05) is 13.7 Å². The number of nitrogens with zero attached hydrogens (tertiary/aromatic N) is 1. The molecule has 0 aliphatic carbocycles. The van der Waals surface area contributed by atoms with Crippen molar-refractivity contribution in [1.82, 2.24) is 4.90 Å². The van der Waals surface area contributed by atoms with Crippen LogP contribution < -0.4 is 4.74 Å². The first-order valence-corrected chi connectivity index (χ1v) is 7.59. The SMILES string of the molecule is Cc1ccccc1CN(C)C(=O)COc1cc(Cl)ccc1Cl. The molecule has 0 N–H and O–H groups in total. The Labute approximate surface area is 140 Å². The van der Waals surface area contributed by atoms with Crippen LogP contribution in [0.25, 0.3) is 0 Å². The second kappa shape index (κ2) is 7.52. The monoisotopic (exact) mass is 337 g/mol. The van der Waals surface area contributed by atoms with Crippen molar-refractivity contribution >= 4 is 29.1 Å². The van der Waals surface area contributed by atoms with Gasteiger partial charge in [0.15, 0.2) is 6.61 Å². The van der Waals surface area contributed by atoms with Crippen molar-refractivity contribution in [1.29, 1.82) is 0 Å². The van der Waals surface area contributed by atoms with E-state index in [-0.39, 0.29) is 12.5 Å². The Morgan fingerprint density at radius 2 is 1.91 bits per heavy atom. The molecule has 0 atom stereocenters. The van der Waals surface area contributed by atoms with E-state index < -0.39 is 0 Å². The lowest BCUT2D eigenvalue weighted by molar-refractivity contribution is -0.132. The van der Waals surface area contributed by atoms with Crippen LogP contribution in [0.4, 0.5) is 0 Å². The van der Waals surface area contributed by atoms with Crippen molar-refractivity contribution < 1.29 is 9.53 Å². The molecule has 0 saturated carbocycles. The smallest absolute Gasteiger partial charge is 0.260 e. The predicted octanol–water partition coefficient (Wildman–Crippen LogP) is 4.34. The summed E-state index contributed by atoms with van der Waals surface area (Å²) >= 11 is 11.9. The number of carbonyl (C=O) groups is 1. The first kappa shape index (κ1) is 16.7. The molecule has 0 unspecified atom stereocenters. The van der Waals surface area contributed by atoms with Crippen molar-refractivity contribution in [3.05, 3.63) is 63.6 Å². The lowest BCUT2D eigenvalue weighted by atomic mass is 10.1. The summed E-state index contributed by atoms with van der Waals surface area (Å²) in [6.07, 6.45) is 0. The molecule has 2 aromatic rings. The number of aryl methyl sites for hydroxylation is 1. The van der Waals surface area contributed by atoms with Gasteiger partial charge in [0.05, 0.1) is 5.02 Å². The average molecular weight is 338 g/mol. The molecule has 0 bridgehead atoms. The van der Waals surface area contributed by atoms with Gasteiger partial charge in [0.25, 0.3) is 5.91 Å². The van der Waals surface area contributed by atoms with Gasteiger partial charge < -0.3 is 9.64 Å². The van der Waals surface area contributed by atoms with E-state index in [1.807, 2.05) is 31.2 Å². The highest BCUT2D eigenvalue weighted by molar-refractivity contribution is 6.34. The highest BCUT2D eigenvalue weighted by atomic mass is 35.5. The number of carbonyl (C=O) groups excluding carboxylic acids is 1. The molecule has 0 aromatic heterocycles. The summed E-state index contributed by atoms with van der Waals surface area (Å²) in [6, 6.07) is 12.9. The number of ether oxygens (including phenoxy) is 1. The summed E-state index contributed by atoms with van der Waals surface area (Å²) < 4.78 is 5.46. The van der Waals surface area contributed by atoms with Gasteiger partial charge in [-0.15, -0.1) is 0 Å². The molecular weight excluding hydrogens is 321 g/mol. The molecule has 0 fully saturated rings. The zero-order valence-electron chi connectivity index (χ0n) is 12.5. The molecule has 5 heteroatoms. The highest BCUT2D eigenvalue weighted by Gasteiger charge is 2.12. The largest absolute Gasteiger partial charge is 0.482 e. The van der Waals surface area contributed by atoms with Gasteiger partial charge in [-0.25, -0.2) is 0 Å². The molecule has 116 valence electrons. The van der Waals surface area contributed by atoms with Gasteiger partial charge in [-0.05, 0) is 30.2 Å². The third-order valence-corrected chi connectivity index (χ3v) is 3.89. The van der Waals surface area contributed by atoms with Crippen molar-refractivity contribution in [3.63, 3.8) is 0 Å². The van der Waals surface area contributed by atoms with Crippen molar-refractivity contribution in [2.24, 2.45) is 0 Å². The zero-order chi connectivity index (χ0) is 16.1. The first-order chi connectivity index (χ1) is 10.5. The van der Waals surface area contributed by atoms with Crippen LogP contribution in [0.5, 0.6) is 5.75 Å². The van der Waals surface area contributed by atoms with E-state index in [4.69, 9.17) is 27.9 Å². The molecule has 0 aliphatic rings. The minimum atomic E-state index is -0.126. The Hall–Kier alpha value is -1.71. The Bertz CT molecular complexity index is 673. The lowest BCUT2D eigenvalue weighted by Crippen LogP contribution is -2.31. The van der Waals surface area contributed by atoms with E-state index in [0.29, 0.717) is 22.3 Å². The van der Waals surface area contributed by atoms with Crippen LogP contribution in [0.1, 0.15) is 11.1 Å². The number of rotatable bonds is 5. The number of amides is 1. The topological polar surface area (TPSA) is 29.5 Å². The van der Waals surface area contributed by atoms with Gasteiger partial charge in [0.1, 0.15) is 5.75 Å². The van der Waals surface area contributed by atoms with Gasteiger partial charge in [-0.3, -0.25) is 4.79 Å². The second-order valence-corrected chi connectivity index (χ2v) is 5.88. The van der Waals surface area contributed by atoms with E-state index in [0.717, 1.165) is 11.1 Å². The summed E-state index contributed by atoms with van der Waals surface area (Å²) in [4.78, 5) is 13.8. The number of benzene rings is 2. The molecule has 0 spiro atoms. The van der Waals surface area contributed by atoms with E-state index in [2.05, 4.69) is 0 Å². The molecule has 0 radical (unpaired) electrons. The summed E-state index contributed by atoms with van der Waals surface area (Å²) in [6.45, 7) is 2.48. The summed E-state index contributed by atoms with van der Waals surface area (Å²) in [5, 5.41) is 0.943. The molecule has 2 aromatic carbocycles. The average Bonchev–Trinajstić information content (AvgIpc) is 2.50. The van der Waals surface area contributed by atoms with Crippen LogP contribution >= 0.6 is 23.2 Å². The van der Waals surface area contributed by atoms with E-state index in [9.17, 15) is 4.79 Å². The Balaban J connectivity index is 1.94. The second-order valence-electron chi connectivity index (χ2n) is 5.04. The molecule has 1 amide bonds. The van der Waals surface area contributed by atoms with Crippen LogP contribution in [0.2, 0.25) is 10.0 Å². The third-order valence-electron chi connectivity index (χ3n) is 3.34. The molecule has 3 nitrogen and oxygen atoms in total. The maximum Gasteiger partial charge on any atom is 0.260 e. The number of likely N-dealkylation sites (N-methyl/N-ethyl adjacent to an activating group) is 1. The fourth-order valence-electron chi connectivity index (χ4n) is 1.97. The molecule has 0 aliphatic heterocycles. The predicted molar refractivity (Wildman–Crippen MR) is 89.6 cm³/mol. The van der Waals surface area contributed by atoms with Crippen LogP contribution in [-0.4, -0.2) is 24.5 Å². The zero-order valence-corrected chi connectivity index (χ0v) is 14.0. The van der Waals surface area contributed by atoms with Gasteiger partial charge in [-0.2, -0.15) is 0 Å². The van der Waals surface area contributed by atoms with Crippen LogP contribution in [0, 0.1) is 6.92 Å². The molecule has 0 heterocycles. The fourth-order valence-corrected chi connectivity index (χ4v) is 2.30. The van der Waals surface area contributed by atoms with Crippen LogP contribution in [0.3, 0.4) is 0 Å². The minimum absolute atomic E-state index is 0.0809. The Morgan fingerprint density at radius 1 is 1.18 bits per heavy atom. The quantitative estimate of drug-likeness (QED) is 0.812. The Morgan fingerprint density at radius 3 is 2.64 bits per heavy atom. The van der Waals surface area contributed by atoms with Crippen molar-refractivity contribution in [3.8, 4) is 5.75 Å². The number of halogens is 2. The number of hydrogen-bond donors (Lipinski definition) is 0. The van der Waals surface area contributed by atoms with Crippen molar-refractivity contribution in [2.45, 2.75) is 13.5 Å². The lowest BCUT2D eigenvalue weighted by Gasteiger charge is -2.19.